The lowest BCUT2D eigenvalue weighted by Crippen LogP contribution is -2.32. The van der Waals surface area contributed by atoms with Gasteiger partial charge in [-0.1, -0.05) is 42.5 Å². The average molecular weight is 320 g/mol. The summed E-state index contributed by atoms with van der Waals surface area (Å²) in [5.74, 6) is -0.135. The fraction of sp³-hybridized carbons (Fsp3) is 0.0556. The molecule has 6 nitrogen and oxygen atoms in total. The Morgan fingerprint density at radius 2 is 1.62 bits per heavy atom. The summed E-state index contributed by atoms with van der Waals surface area (Å²) in [6.45, 7) is -0.113. The molecular formula is C18H16N4O2. The molecule has 3 rings (SSSR count). The Hall–Kier alpha value is -3.41. The summed E-state index contributed by atoms with van der Waals surface area (Å²) in [7, 11) is 0. The summed E-state index contributed by atoms with van der Waals surface area (Å²) in [4.78, 5) is 23.8. The number of nitrogens with zero attached hydrogens (tertiary/aromatic N) is 1. The molecule has 0 saturated carbocycles. The molecule has 0 bridgehead atoms. The highest BCUT2D eigenvalue weighted by Crippen LogP contribution is 2.19. The van der Waals surface area contributed by atoms with Crippen molar-refractivity contribution >= 4 is 17.6 Å². The van der Waals surface area contributed by atoms with Gasteiger partial charge in [-0.05, 0) is 23.3 Å². The van der Waals surface area contributed by atoms with Crippen molar-refractivity contribution < 1.29 is 9.59 Å². The second-order valence-electron chi connectivity index (χ2n) is 5.14. The van der Waals surface area contributed by atoms with Crippen LogP contribution in [0.4, 0.5) is 5.82 Å². The van der Waals surface area contributed by atoms with E-state index in [-0.39, 0.29) is 18.4 Å². The van der Waals surface area contributed by atoms with Crippen LogP contribution in [0.15, 0.2) is 66.9 Å². The first kappa shape index (κ1) is 15.5. The van der Waals surface area contributed by atoms with Gasteiger partial charge in [-0.2, -0.15) is 5.10 Å². The molecule has 0 atom stereocenters. The van der Waals surface area contributed by atoms with Crippen molar-refractivity contribution in [3.8, 4) is 11.1 Å². The fourth-order valence-corrected chi connectivity index (χ4v) is 2.23. The van der Waals surface area contributed by atoms with Crippen molar-refractivity contribution in [1.82, 2.24) is 15.5 Å². The van der Waals surface area contributed by atoms with Gasteiger partial charge in [0.2, 0.25) is 5.91 Å². The van der Waals surface area contributed by atoms with Crippen LogP contribution in [0, 0.1) is 0 Å². The number of nitrogens with one attached hydrogen (secondary N) is 3. The van der Waals surface area contributed by atoms with E-state index in [2.05, 4.69) is 20.8 Å². The third-order valence-corrected chi connectivity index (χ3v) is 3.44. The third-order valence-electron chi connectivity index (χ3n) is 3.44. The van der Waals surface area contributed by atoms with Gasteiger partial charge in [0.05, 0.1) is 12.7 Å². The minimum absolute atomic E-state index is 0.113. The lowest BCUT2D eigenvalue weighted by atomic mass is 10.0. The highest BCUT2D eigenvalue weighted by atomic mass is 16.2. The minimum atomic E-state index is -0.325. The molecule has 1 aromatic heterocycles. The van der Waals surface area contributed by atoms with E-state index in [0.717, 1.165) is 11.1 Å². The maximum absolute atomic E-state index is 12.1. The van der Waals surface area contributed by atoms with E-state index < -0.39 is 0 Å². The first-order chi connectivity index (χ1) is 11.7. The van der Waals surface area contributed by atoms with Gasteiger partial charge < -0.3 is 10.6 Å². The van der Waals surface area contributed by atoms with Crippen LogP contribution in [0.1, 0.15) is 10.4 Å². The number of carbonyl (C=O) groups is 2. The smallest absolute Gasteiger partial charge is 0.251 e. The summed E-state index contributed by atoms with van der Waals surface area (Å²) in [5.41, 5.74) is 2.62. The van der Waals surface area contributed by atoms with Gasteiger partial charge in [-0.3, -0.25) is 14.7 Å². The van der Waals surface area contributed by atoms with Crippen molar-refractivity contribution in [2.24, 2.45) is 0 Å². The summed E-state index contributed by atoms with van der Waals surface area (Å²) in [5, 5.41) is 11.5. The van der Waals surface area contributed by atoms with Gasteiger partial charge in [0.15, 0.2) is 0 Å². The Kier molecular flexibility index (Phi) is 4.67. The first-order valence-electron chi connectivity index (χ1n) is 7.45. The predicted molar refractivity (Wildman–Crippen MR) is 91.4 cm³/mol. The first-order valence-corrected chi connectivity index (χ1v) is 7.45. The lowest BCUT2D eigenvalue weighted by molar-refractivity contribution is -0.115. The number of amides is 2. The Morgan fingerprint density at radius 3 is 2.29 bits per heavy atom. The highest BCUT2D eigenvalue weighted by Gasteiger charge is 2.09. The Labute approximate surface area is 138 Å². The van der Waals surface area contributed by atoms with E-state index in [1.54, 1.807) is 18.2 Å². The quantitative estimate of drug-likeness (QED) is 0.675. The van der Waals surface area contributed by atoms with Crippen LogP contribution in [0.3, 0.4) is 0 Å². The number of aromatic amines is 1. The van der Waals surface area contributed by atoms with Gasteiger partial charge >= 0.3 is 0 Å². The average Bonchev–Trinajstić information content (AvgIpc) is 3.13. The van der Waals surface area contributed by atoms with Crippen LogP contribution in [0.2, 0.25) is 0 Å². The summed E-state index contributed by atoms with van der Waals surface area (Å²) in [6.07, 6.45) is 1.53. The van der Waals surface area contributed by atoms with Crippen LogP contribution in [-0.2, 0) is 4.79 Å². The van der Waals surface area contributed by atoms with E-state index in [1.807, 2.05) is 42.5 Å². The molecule has 0 aliphatic heterocycles. The molecule has 0 fully saturated rings. The molecule has 0 radical (unpaired) electrons. The largest absolute Gasteiger partial charge is 0.343 e. The summed E-state index contributed by atoms with van der Waals surface area (Å²) in [6, 6.07) is 18.8. The van der Waals surface area contributed by atoms with E-state index in [9.17, 15) is 9.59 Å². The highest BCUT2D eigenvalue weighted by molar-refractivity contribution is 5.99. The second-order valence-corrected chi connectivity index (χ2v) is 5.14. The molecule has 1 heterocycles. The maximum atomic E-state index is 12.1. The summed E-state index contributed by atoms with van der Waals surface area (Å²) >= 11 is 0. The lowest BCUT2D eigenvalue weighted by Gasteiger charge is -2.07. The molecule has 0 aliphatic rings. The standard InChI is InChI=1S/C18H16N4O2/c23-17(21-16-10-11-20-22-16)12-19-18(24)15-8-6-14(7-9-15)13-4-2-1-3-5-13/h1-11H,12H2,(H,19,24)(H2,20,21,22,23). The van der Waals surface area contributed by atoms with E-state index >= 15 is 0 Å². The van der Waals surface area contributed by atoms with Crippen LogP contribution in [-0.4, -0.2) is 28.6 Å². The van der Waals surface area contributed by atoms with Gasteiger partial charge in [-0.25, -0.2) is 0 Å². The molecule has 0 unspecified atom stereocenters. The number of aromatic nitrogens is 2. The Bertz CT molecular complexity index is 812. The van der Waals surface area contributed by atoms with Crippen LogP contribution >= 0.6 is 0 Å². The second kappa shape index (κ2) is 7.23. The Balaban J connectivity index is 1.56. The van der Waals surface area contributed by atoms with Crippen LogP contribution in [0.5, 0.6) is 0 Å². The zero-order valence-corrected chi connectivity index (χ0v) is 12.8. The topological polar surface area (TPSA) is 86.9 Å². The van der Waals surface area contributed by atoms with E-state index in [0.29, 0.717) is 11.4 Å². The SMILES string of the molecule is O=C(CNC(=O)c1ccc(-c2ccccc2)cc1)Nc1ccn[nH]1. The molecule has 0 spiro atoms. The number of carbonyl (C=O) groups excluding carboxylic acids is 2. The van der Waals surface area contributed by atoms with Crippen molar-refractivity contribution in [2.45, 2.75) is 0 Å². The molecule has 24 heavy (non-hydrogen) atoms. The van der Waals surface area contributed by atoms with Crippen LogP contribution < -0.4 is 10.6 Å². The molecule has 3 N–H and O–H groups in total. The molecule has 0 aliphatic carbocycles. The number of hydrogen-bond acceptors (Lipinski definition) is 3. The maximum Gasteiger partial charge on any atom is 0.251 e. The minimum Gasteiger partial charge on any atom is -0.343 e. The van der Waals surface area contributed by atoms with E-state index in [1.165, 1.54) is 6.20 Å². The van der Waals surface area contributed by atoms with Gasteiger partial charge in [0, 0.05) is 11.6 Å². The van der Waals surface area contributed by atoms with Crippen molar-refractivity contribution in [1.29, 1.82) is 0 Å². The monoisotopic (exact) mass is 320 g/mol. The van der Waals surface area contributed by atoms with Crippen molar-refractivity contribution in [2.75, 3.05) is 11.9 Å². The zero-order valence-electron chi connectivity index (χ0n) is 12.8. The van der Waals surface area contributed by atoms with Crippen LogP contribution in [0.25, 0.3) is 11.1 Å². The van der Waals surface area contributed by atoms with Gasteiger partial charge in [0.1, 0.15) is 5.82 Å². The van der Waals surface area contributed by atoms with E-state index in [4.69, 9.17) is 0 Å². The molecule has 6 heteroatoms. The molecule has 3 aromatic rings. The number of hydrogen-bond donors (Lipinski definition) is 3. The number of rotatable bonds is 5. The Morgan fingerprint density at radius 1 is 0.917 bits per heavy atom. The summed E-state index contributed by atoms with van der Waals surface area (Å²) < 4.78 is 0. The molecule has 2 aromatic carbocycles. The third kappa shape index (κ3) is 3.86. The predicted octanol–water partition coefficient (Wildman–Crippen LogP) is 2.45. The molecular weight excluding hydrogens is 304 g/mol. The molecule has 2 amide bonds. The van der Waals surface area contributed by atoms with Gasteiger partial charge in [-0.15, -0.1) is 0 Å². The molecule has 0 saturated heterocycles. The number of H-pyrrole nitrogens is 1. The number of anilines is 1. The normalized spacial score (nSPS) is 10.2. The zero-order chi connectivity index (χ0) is 16.8. The van der Waals surface area contributed by atoms with Gasteiger partial charge in [0.25, 0.3) is 5.91 Å². The molecule has 120 valence electrons. The fourth-order valence-electron chi connectivity index (χ4n) is 2.23. The van der Waals surface area contributed by atoms with Crippen molar-refractivity contribution in [3.63, 3.8) is 0 Å². The van der Waals surface area contributed by atoms with Crippen molar-refractivity contribution in [3.05, 3.63) is 72.4 Å². The number of benzene rings is 2.